The summed E-state index contributed by atoms with van der Waals surface area (Å²) in [5.41, 5.74) is 0.429. The molecule has 0 atom stereocenters. The van der Waals surface area contributed by atoms with Crippen molar-refractivity contribution in [1.29, 1.82) is 0 Å². The molecule has 94 valence electrons. The van der Waals surface area contributed by atoms with Gasteiger partial charge in [-0.3, -0.25) is 0 Å². The molecule has 0 amide bonds. The van der Waals surface area contributed by atoms with E-state index in [9.17, 15) is 18.0 Å². The highest BCUT2D eigenvalue weighted by molar-refractivity contribution is 14.1. The molecular formula is C9H7F3INO3. The molecule has 0 fully saturated rings. The molecule has 0 saturated heterocycles. The monoisotopic (exact) mass is 361 g/mol. The van der Waals surface area contributed by atoms with Gasteiger partial charge in [0.2, 0.25) is 5.88 Å². The summed E-state index contributed by atoms with van der Waals surface area (Å²) in [5, 5.41) is 0. The van der Waals surface area contributed by atoms with Gasteiger partial charge in [-0.2, -0.15) is 0 Å². The van der Waals surface area contributed by atoms with E-state index in [1.54, 1.807) is 22.6 Å². The second-order valence-electron chi connectivity index (χ2n) is 2.98. The van der Waals surface area contributed by atoms with Crippen molar-refractivity contribution in [2.24, 2.45) is 0 Å². The fraction of sp³-hybridized carbons (Fsp3) is 0.333. The highest BCUT2D eigenvalue weighted by Gasteiger charge is 2.32. The predicted octanol–water partition coefficient (Wildman–Crippen LogP) is 2.68. The maximum atomic E-state index is 12.0. The van der Waals surface area contributed by atoms with Crippen LogP contribution in [0.5, 0.6) is 5.88 Å². The topological polar surface area (TPSA) is 48.4 Å². The molecule has 8 heteroatoms. The first-order chi connectivity index (χ1) is 7.74. The van der Waals surface area contributed by atoms with Gasteiger partial charge in [0, 0.05) is 6.07 Å². The molecule has 0 radical (unpaired) electrons. The largest absolute Gasteiger partial charge is 0.574 e. The van der Waals surface area contributed by atoms with Crippen LogP contribution in [0, 0.1) is 10.6 Å². The van der Waals surface area contributed by atoms with Crippen LogP contribution in [-0.2, 0) is 4.74 Å². The Bertz CT molecular complexity index is 425. The van der Waals surface area contributed by atoms with Crippen molar-refractivity contribution < 1.29 is 27.4 Å². The fourth-order valence-corrected chi connectivity index (χ4v) is 2.01. The molecule has 0 aliphatic carbocycles. The number of rotatable bonds is 2. The molecule has 0 bridgehead atoms. The molecule has 1 rings (SSSR count). The SMILES string of the molecule is COC(=O)c1c(C)cc(OC(F)(F)F)nc1I. The van der Waals surface area contributed by atoms with Gasteiger partial charge in [0.05, 0.1) is 12.7 Å². The van der Waals surface area contributed by atoms with E-state index in [1.807, 2.05) is 0 Å². The second kappa shape index (κ2) is 5.07. The number of esters is 1. The van der Waals surface area contributed by atoms with Crippen molar-refractivity contribution >= 4 is 28.6 Å². The number of pyridine rings is 1. The van der Waals surface area contributed by atoms with E-state index < -0.39 is 18.2 Å². The molecule has 17 heavy (non-hydrogen) atoms. The van der Waals surface area contributed by atoms with Gasteiger partial charge >= 0.3 is 12.3 Å². The number of halogens is 4. The van der Waals surface area contributed by atoms with Gasteiger partial charge in [0.15, 0.2) is 0 Å². The van der Waals surface area contributed by atoms with Crippen LogP contribution in [-0.4, -0.2) is 24.4 Å². The molecular weight excluding hydrogens is 354 g/mol. The van der Waals surface area contributed by atoms with Crippen LogP contribution in [0.1, 0.15) is 15.9 Å². The van der Waals surface area contributed by atoms with Gasteiger partial charge in [-0.15, -0.1) is 13.2 Å². The first-order valence-corrected chi connectivity index (χ1v) is 5.33. The highest BCUT2D eigenvalue weighted by atomic mass is 127. The average molecular weight is 361 g/mol. The Labute approximate surface area is 108 Å². The van der Waals surface area contributed by atoms with Crippen molar-refractivity contribution in [3.05, 3.63) is 20.9 Å². The molecule has 1 aromatic heterocycles. The van der Waals surface area contributed by atoms with Crippen LogP contribution in [0.4, 0.5) is 13.2 Å². The minimum atomic E-state index is -4.81. The van der Waals surface area contributed by atoms with Crippen LogP contribution in [0.15, 0.2) is 6.07 Å². The van der Waals surface area contributed by atoms with Gasteiger partial charge < -0.3 is 9.47 Å². The minimum Gasteiger partial charge on any atom is -0.465 e. The molecule has 0 aliphatic rings. The van der Waals surface area contributed by atoms with E-state index in [4.69, 9.17) is 0 Å². The van der Waals surface area contributed by atoms with E-state index in [0.29, 0.717) is 5.56 Å². The van der Waals surface area contributed by atoms with Gasteiger partial charge in [0.25, 0.3) is 0 Å². The van der Waals surface area contributed by atoms with Crippen molar-refractivity contribution in [3.63, 3.8) is 0 Å². The van der Waals surface area contributed by atoms with Crippen molar-refractivity contribution in [2.75, 3.05) is 7.11 Å². The number of carbonyl (C=O) groups excluding carboxylic acids is 1. The standard InChI is InChI=1S/C9H7F3INO3/c1-4-3-5(17-9(10,11)12)14-7(13)6(4)8(15)16-2/h3H,1-2H3. The molecule has 4 nitrogen and oxygen atoms in total. The van der Waals surface area contributed by atoms with Gasteiger partial charge in [0.1, 0.15) is 3.70 Å². The summed E-state index contributed by atoms with van der Waals surface area (Å²) >= 11 is 1.64. The third-order valence-corrected chi connectivity index (χ3v) is 2.54. The molecule has 0 aliphatic heterocycles. The lowest BCUT2D eigenvalue weighted by Crippen LogP contribution is -2.19. The summed E-state index contributed by atoms with van der Waals surface area (Å²) in [6.07, 6.45) is -4.81. The van der Waals surface area contributed by atoms with Crippen LogP contribution in [0.3, 0.4) is 0 Å². The number of aryl methyl sites for hydroxylation is 1. The smallest absolute Gasteiger partial charge is 0.465 e. The Morgan fingerprint density at radius 3 is 2.47 bits per heavy atom. The summed E-state index contributed by atoms with van der Waals surface area (Å²) in [6.45, 7) is 1.47. The highest BCUT2D eigenvalue weighted by Crippen LogP contribution is 2.25. The third kappa shape index (κ3) is 3.72. The Balaban J connectivity index is 3.14. The lowest BCUT2D eigenvalue weighted by Gasteiger charge is -2.11. The normalized spacial score (nSPS) is 11.2. The van der Waals surface area contributed by atoms with E-state index >= 15 is 0 Å². The van der Waals surface area contributed by atoms with Gasteiger partial charge in [-0.25, -0.2) is 9.78 Å². The van der Waals surface area contributed by atoms with E-state index in [0.717, 1.165) is 6.07 Å². The zero-order valence-electron chi connectivity index (χ0n) is 8.76. The van der Waals surface area contributed by atoms with Crippen LogP contribution in [0.25, 0.3) is 0 Å². The second-order valence-corrected chi connectivity index (χ2v) is 4.00. The number of ether oxygens (including phenoxy) is 2. The first-order valence-electron chi connectivity index (χ1n) is 4.26. The fourth-order valence-electron chi connectivity index (χ4n) is 1.12. The number of alkyl halides is 3. The molecule has 1 heterocycles. The number of hydrogen-bond donors (Lipinski definition) is 0. The number of carbonyl (C=O) groups is 1. The Kier molecular flexibility index (Phi) is 4.17. The van der Waals surface area contributed by atoms with Crippen molar-refractivity contribution in [3.8, 4) is 5.88 Å². The quantitative estimate of drug-likeness (QED) is 0.462. The number of aromatic nitrogens is 1. The Morgan fingerprint density at radius 1 is 1.47 bits per heavy atom. The minimum absolute atomic E-state index is 0.0914. The number of methoxy groups -OCH3 is 1. The van der Waals surface area contributed by atoms with E-state index in [2.05, 4.69) is 14.5 Å². The molecule has 0 unspecified atom stereocenters. The molecule has 0 aromatic carbocycles. The Morgan fingerprint density at radius 2 is 2.06 bits per heavy atom. The van der Waals surface area contributed by atoms with E-state index in [1.165, 1.54) is 14.0 Å². The number of nitrogens with zero attached hydrogens (tertiary/aromatic N) is 1. The first kappa shape index (κ1) is 14.0. The van der Waals surface area contributed by atoms with Gasteiger partial charge in [-0.1, -0.05) is 0 Å². The zero-order valence-corrected chi connectivity index (χ0v) is 10.9. The molecule has 0 spiro atoms. The van der Waals surface area contributed by atoms with Gasteiger partial charge in [-0.05, 0) is 35.1 Å². The van der Waals surface area contributed by atoms with Crippen molar-refractivity contribution in [2.45, 2.75) is 13.3 Å². The maximum absolute atomic E-state index is 12.0. The van der Waals surface area contributed by atoms with Crippen LogP contribution in [0.2, 0.25) is 0 Å². The molecule has 0 saturated carbocycles. The summed E-state index contributed by atoms with van der Waals surface area (Å²) in [5.74, 6) is -1.26. The number of hydrogen-bond acceptors (Lipinski definition) is 4. The summed E-state index contributed by atoms with van der Waals surface area (Å²) in [4.78, 5) is 14.9. The average Bonchev–Trinajstić information content (AvgIpc) is 2.13. The summed E-state index contributed by atoms with van der Waals surface area (Å²) in [6, 6.07) is 1.03. The predicted molar refractivity (Wildman–Crippen MR) is 59.7 cm³/mol. The summed E-state index contributed by atoms with van der Waals surface area (Å²) in [7, 11) is 1.18. The van der Waals surface area contributed by atoms with Crippen molar-refractivity contribution in [1.82, 2.24) is 4.98 Å². The Hall–Kier alpha value is -1.06. The molecule has 1 aromatic rings. The third-order valence-electron chi connectivity index (χ3n) is 1.76. The lowest BCUT2D eigenvalue weighted by atomic mass is 10.1. The zero-order chi connectivity index (χ0) is 13.2. The lowest BCUT2D eigenvalue weighted by molar-refractivity contribution is -0.276. The summed E-state index contributed by atoms with van der Waals surface area (Å²) < 4.78 is 44.2. The molecule has 0 N–H and O–H groups in total. The van der Waals surface area contributed by atoms with E-state index in [-0.39, 0.29) is 9.26 Å². The van der Waals surface area contributed by atoms with Crippen LogP contribution >= 0.6 is 22.6 Å². The maximum Gasteiger partial charge on any atom is 0.574 e. The van der Waals surface area contributed by atoms with Crippen LogP contribution < -0.4 is 4.74 Å².